The van der Waals surface area contributed by atoms with E-state index < -0.39 is 30.1 Å². The van der Waals surface area contributed by atoms with Crippen LogP contribution in [0.25, 0.3) is 11.0 Å². The molecule has 1 aliphatic rings. The molecule has 0 unspecified atom stereocenters. The fourth-order valence-corrected chi connectivity index (χ4v) is 3.98. The Morgan fingerprint density at radius 1 is 1.28 bits per heavy atom. The molecule has 1 atom stereocenters. The van der Waals surface area contributed by atoms with Gasteiger partial charge >= 0.3 is 6.18 Å². The molecule has 3 aromatic rings. The van der Waals surface area contributed by atoms with Crippen LogP contribution >= 0.6 is 0 Å². The summed E-state index contributed by atoms with van der Waals surface area (Å²) in [5, 5.41) is 13.6. The number of para-hydroxylation sites is 2. The zero-order valence-electron chi connectivity index (χ0n) is 17.4. The zero-order chi connectivity index (χ0) is 22.9. The highest BCUT2D eigenvalue weighted by atomic mass is 19.4. The number of fused-ring (bicyclic) bond motifs is 1. The van der Waals surface area contributed by atoms with E-state index in [2.05, 4.69) is 20.3 Å². The lowest BCUT2D eigenvalue weighted by molar-refractivity contribution is -0.147. The van der Waals surface area contributed by atoms with Crippen molar-refractivity contribution in [1.29, 1.82) is 0 Å². The van der Waals surface area contributed by atoms with Crippen LogP contribution in [0.15, 0.2) is 36.7 Å². The van der Waals surface area contributed by atoms with Gasteiger partial charge in [0.1, 0.15) is 18.7 Å². The molecule has 32 heavy (non-hydrogen) atoms. The summed E-state index contributed by atoms with van der Waals surface area (Å²) in [5.74, 6) is -1.08. The van der Waals surface area contributed by atoms with Gasteiger partial charge in [-0.3, -0.25) is 4.79 Å². The summed E-state index contributed by atoms with van der Waals surface area (Å²) < 4.78 is 41.2. The summed E-state index contributed by atoms with van der Waals surface area (Å²) in [6.07, 6.45) is -2.11. The second-order valence-corrected chi connectivity index (χ2v) is 8.05. The number of aromatic nitrogens is 4. The lowest BCUT2D eigenvalue weighted by Gasteiger charge is -2.39. The van der Waals surface area contributed by atoms with Gasteiger partial charge in [0.2, 0.25) is 11.7 Å². The normalized spacial score (nSPS) is 19.3. The Morgan fingerprint density at radius 3 is 2.81 bits per heavy atom. The standard InChI is InChI=1S/C21H23F3N6O2/c1-14-9-17(27-13-26-14)29-8-4-7-20(32,12-29)11-25-18(31)10-30-16-6-3-2-5-15(16)28-19(30)21(22,23)24/h2-3,5-6,9,13,32H,4,7-8,10-12H2,1H3,(H,25,31)/t20-/m0/s1. The molecule has 170 valence electrons. The first-order chi connectivity index (χ1) is 15.1. The molecule has 1 saturated heterocycles. The second-order valence-electron chi connectivity index (χ2n) is 8.05. The summed E-state index contributed by atoms with van der Waals surface area (Å²) in [4.78, 5) is 26.4. The maximum absolute atomic E-state index is 13.4. The summed E-state index contributed by atoms with van der Waals surface area (Å²) in [6.45, 7) is 2.14. The lowest BCUT2D eigenvalue weighted by atomic mass is 9.92. The molecule has 0 radical (unpaired) electrons. The Balaban J connectivity index is 1.45. The number of anilines is 1. The monoisotopic (exact) mass is 448 g/mol. The van der Waals surface area contributed by atoms with Gasteiger partial charge in [0.15, 0.2) is 0 Å². The number of amides is 1. The predicted molar refractivity (Wildman–Crippen MR) is 111 cm³/mol. The van der Waals surface area contributed by atoms with Gasteiger partial charge in [-0.05, 0) is 31.9 Å². The molecular formula is C21H23F3N6O2. The summed E-state index contributed by atoms with van der Waals surface area (Å²) in [7, 11) is 0. The van der Waals surface area contributed by atoms with Crippen molar-refractivity contribution < 1.29 is 23.1 Å². The molecule has 1 aromatic carbocycles. The van der Waals surface area contributed by atoms with Crippen LogP contribution in [-0.4, -0.2) is 55.8 Å². The van der Waals surface area contributed by atoms with Gasteiger partial charge in [-0.2, -0.15) is 13.2 Å². The maximum atomic E-state index is 13.4. The van der Waals surface area contributed by atoms with E-state index in [1.807, 2.05) is 17.9 Å². The first-order valence-corrected chi connectivity index (χ1v) is 10.2. The SMILES string of the molecule is Cc1cc(N2CCC[C@](O)(CNC(=O)Cn3c(C(F)(F)F)nc4ccccc43)C2)ncn1. The van der Waals surface area contributed by atoms with E-state index >= 15 is 0 Å². The number of alkyl halides is 3. The number of rotatable bonds is 5. The number of carbonyl (C=O) groups excluding carboxylic acids is 1. The van der Waals surface area contributed by atoms with Gasteiger partial charge in [-0.1, -0.05) is 12.1 Å². The number of aryl methyl sites for hydroxylation is 1. The van der Waals surface area contributed by atoms with Gasteiger partial charge in [0.25, 0.3) is 0 Å². The van der Waals surface area contributed by atoms with E-state index in [0.717, 1.165) is 10.3 Å². The van der Waals surface area contributed by atoms with E-state index in [4.69, 9.17) is 0 Å². The third kappa shape index (κ3) is 4.67. The molecule has 11 heteroatoms. The van der Waals surface area contributed by atoms with Gasteiger partial charge in [0.05, 0.1) is 16.6 Å². The number of halogens is 3. The van der Waals surface area contributed by atoms with Crippen LogP contribution in [0, 0.1) is 6.92 Å². The van der Waals surface area contributed by atoms with E-state index in [9.17, 15) is 23.1 Å². The number of piperidine rings is 1. The van der Waals surface area contributed by atoms with Crippen molar-refractivity contribution >= 4 is 22.8 Å². The Labute approximate surface area is 182 Å². The van der Waals surface area contributed by atoms with Crippen molar-refractivity contribution in [3.05, 3.63) is 48.2 Å². The quantitative estimate of drug-likeness (QED) is 0.622. The molecular weight excluding hydrogens is 425 g/mol. The Morgan fingerprint density at radius 2 is 2.06 bits per heavy atom. The Hall–Kier alpha value is -3.21. The zero-order valence-corrected chi connectivity index (χ0v) is 17.4. The Bertz CT molecular complexity index is 1130. The van der Waals surface area contributed by atoms with Crippen LogP contribution in [0.4, 0.5) is 19.0 Å². The van der Waals surface area contributed by atoms with Crippen LogP contribution in [0.2, 0.25) is 0 Å². The molecule has 1 amide bonds. The van der Waals surface area contributed by atoms with Crippen LogP contribution in [0.5, 0.6) is 0 Å². The number of nitrogens with one attached hydrogen (secondary N) is 1. The van der Waals surface area contributed by atoms with Gasteiger partial charge in [-0.15, -0.1) is 0 Å². The third-order valence-corrected chi connectivity index (χ3v) is 5.49. The molecule has 0 spiro atoms. The first-order valence-electron chi connectivity index (χ1n) is 10.2. The minimum Gasteiger partial charge on any atom is -0.386 e. The van der Waals surface area contributed by atoms with Gasteiger partial charge in [0, 0.05) is 31.4 Å². The molecule has 8 nitrogen and oxygen atoms in total. The highest BCUT2D eigenvalue weighted by Gasteiger charge is 2.38. The van der Waals surface area contributed by atoms with Crippen molar-refractivity contribution in [2.45, 2.75) is 38.1 Å². The van der Waals surface area contributed by atoms with Gasteiger partial charge < -0.3 is 19.9 Å². The van der Waals surface area contributed by atoms with Crippen LogP contribution in [0.1, 0.15) is 24.4 Å². The largest absolute Gasteiger partial charge is 0.449 e. The molecule has 2 aromatic heterocycles. The lowest BCUT2D eigenvalue weighted by Crippen LogP contribution is -2.55. The first kappa shape index (κ1) is 22.0. The third-order valence-electron chi connectivity index (χ3n) is 5.49. The van der Waals surface area contributed by atoms with Crippen molar-refractivity contribution in [3.8, 4) is 0 Å². The number of hydrogen-bond acceptors (Lipinski definition) is 6. The molecule has 4 rings (SSSR count). The number of benzene rings is 1. The summed E-state index contributed by atoms with van der Waals surface area (Å²) in [6, 6.07) is 7.94. The van der Waals surface area contributed by atoms with Crippen molar-refractivity contribution in [2.75, 3.05) is 24.5 Å². The van der Waals surface area contributed by atoms with Crippen molar-refractivity contribution in [2.24, 2.45) is 0 Å². The smallest absolute Gasteiger partial charge is 0.386 e. The van der Waals surface area contributed by atoms with E-state index in [0.29, 0.717) is 25.2 Å². The van der Waals surface area contributed by atoms with Crippen LogP contribution in [-0.2, 0) is 17.5 Å². The van der Waals surface area contributed by atoms with E-state index in [1.54, 1.807) is 12.1 Å². The Kier molecular flexibility index (Phi) is 5.76. The second kappa shape index (κ2) is 8.38. The number of β-amino-alcohol motifs (C(OH)–C–C–N with tert-alkyl or cyclic N) is 1. The van der Waals surface area contributed by atoms with Crippen LogP contribution in [0.3, 0.4) is 0 Å². The van der Waals surface area contributed by atoms with Crippen LogP contribution < -0.4 is 10.2 Å². The molecule has 2 N–H and O–H groups in total. The predicted octanol–water partition coefficient (Wildman–Crippen LogP) is 2.30. The topological polar surface area (TPSA) is 96.2 Å². The fourth-order valence-electron chi connectivity index (χ4n) is 3.98. The number of aliphatic hydroxyl groups is 1. The molecule has 0 bridgehead atoms. The number of carbonyl (C=O) groups is 1. The highest BCUT2D eigenvalue weighted by molar-refractivity contribution is 5.81. The van der Waals surface area contributed by atoms with Crippen molar-refractivity contribution in [1.82, 2.24) is 24.8 Å². The summed E-state index contributed by atoms with van der Waals surface area (Å²) in [5.41, 5.74) is -0.0483. The molecule has 1 fully saturated rings. The van der Waals surface area contributed by atoms with Gasteiger partial charge in [-0.25, -0.2) is 15.0 Å². The maximum Gasteiger partial charge on any atom is 0.449 e. The highest BCUT2D eigenvalue weighted by Crippen LogP contribution is 2.31. The van der Waals surface area contributed by atoms with Crippen molar-refractivity contribution in [3.63, 3.8) is 0 Å². The van der Waals surface area contributed by atoms with E-state index in [-0.39, 0.29) is 24.1 Å². The summed E-state index contributed by atoms with van der Waals surface area (Å²) >= 11 is 0. The number of nitrogens with zero attached hydrogens (tertiary/aromatic N) is 5. The molecule has 3 heterocycles. The van der Waals surface area contributed by atoms with E-state index in [1.165, 1.54) is 18.5 Å². The minimum atomic E-state index is -4.70. The average Bonchev–Trinajstić information content (AvgIpc) is 3.11. The molecule has 0 aliphatic carbocycles. The number of imidazole rings is 1. The molecule has 0 saturated carbocycles. The number of hydrogen-bond donors (Lipinski definition) is 2. The average molecular weight is 448 g/mol. The minimum absolute atomic E-state index is 0.0830. The fraction of sp³-hybridized carbons (Fsp3) is 0.429. The molecule has 1 aliphatic heterocycles.